The third kappa shape index (κ3) is 4.35. The molecule has 5 nitrogen and oxygen atoms in total. The Morgan fingerprint density at radius 2 is 1.93 bits per heavy atom. The lowest BCUT2D eigenvalue weighted by atomic mass is 9.94. The summed E-state index contributed by atoms with van der Waals surface area (Å²) in [7, 11) is 0. The number of carbonyl (C=O) groups is 1. The van der Waals surface area contributed by atoms with Gasteiger partial charge in [-0.15, -0.1) is 0 Å². The molecule has 1 amide bonds. The molecule has 1 aliphatic heterocycles. The van der Waals surface area contributed by atoms with Crippen molar-refractivity contribution in [1.29, 1.82) is 0 Å². The standard InChI is InChI=1S/C23H26N2O3/c26-23(12-5-4-8-18-13-14-20-21(16-18)28-17-27-20)25(19-9-2-1-3-10-19)22-11-6-7-15-24-22/h4-7,11,13-16,19H,1-3,8-10,12,17H2/b5-4-. The summed E-state index contributed by atoms with van der Waals surface area (Å²) in [5, 5.41) is 0. The first-order valence-corrected chi connectivity index (χ1v) is 10.1. The van der Waals surface area contributed by atoms with E-state index in [1.807, 2.05) is 53.5 Å². The lowest BCUT2D eigenvalue weighted by molar-refractivity contribution is -0.118. The van der Waals surface area contributed by atoms with Crippen molar-refractivity contribution < 1.29 is 14.3 Å². The normalized spacial score (nSPS) is 16.4. The molecule has 0 spiro atoms. The van der Waals surface area contributed by atoms with Crippen molar-refractivity contribution in [2.45, 2.75) is 51.0 Å². The summed E-state index contributed by atoms with van der Waals surface area (Å²) in [6.07, 6.45) is 12.7. The number of benzene rings is 1. The van der Waals surface area contributed by atoms with Crippen LogP contribution in [0.5, 0.6) is 11.5 Å². The molecule has 1 aliphatic carbocycles. The predicted molar refractivity (Wildman–Crippen MR) is 109 cm³/mol. The fourth-order valence-electron chi connectivity index (χ4n) is 3.92. The first-order chi connectivity index (χ1) is 13.8. The highest BCUT2D eigenvalue weighted by atomic mass is 16.7. The number of ether oxygens (including phenoxy) is 2. The molecule has 0 saturated heterocycles. The molecule has 1 aromatic heterocycles. The minimum atomic E-state index is 0.118. The van der Waals surface area contributed by atoms with Crippen molar-refractivity contribution in [2.75, 3.05) is 11.7 Å². The van der Waals surface area contributed by atoms with Gasteiger partial charge in [0.15, 0.2) is 11.5 Å². The molecular formula is C23H26N2O3. The van der Waals surface area contributed by atoms with Crippen molar-refractivity contribution in [3.8, 4) is 11.5 Å². The molecule has 0 atom stereocenters. The van der Waals surface area contributed by atoms with Gasteiger partial charge in [-0.3, -0.25) is 9.69 Å². The Morgan fingerprint density at radius 3 is 2.75 bits per heavy atom. The average molecular weight is 378 g/mol. The van der Waals surface area contributed by atoms with Gasteiger partial charge in [0.05, 0.1) is 0 Å². The first kappa shape index (κ1) is 18.5. The van der Waals surface area contributed by atoms with Crippen LogP contribution in [0.2, 0.25) is 0 Å². The molecule has 2 aromatic rings. The Kier molecular flexibility index (Phi) is 5.90. The molecule has 2 heterocycles. The van der Waals surface area contributed by atoms with E-state index < -0.39 is 0 Å². The molecule has 28 heavy (non-hydrogen) atoms. The van der Waals surface area contributed by atoms with E-state index in [4.69, 9.17) is 9.47 Å². The van der Waals surface area contributed by atoms with Crippen molar-refractivity contribution in [1.82, 2.24) is 4.98 Å². The molecule has 4 rings (SSSR count). The number of aromatic nitrogens is 1. The number of rotatable bonds is 6. The van der Waals surface area contributed by atoms with Gasteiger partial charge in [0.1, 0.15) is 5.82 Å². The van der Waals surface area contributed by atoms with E-state index in [9.17, 15) is 4.79 Å². The summed E-state index contributed by atoms with van der Waals surface area (Å²) in [6, 6.07) is 12.0. The molecule has 0 bridgehead atoms. The summed E-state index contributed by atoms with van der Waals surface area (Å²) >= 11 is 0. The molecule has 1 saturated carbocycles. The van der Waals surface area contributed by atoms with Crippen LogP contribution in [-0.2, 0) is 11.2 Å². The van der Waals surface area contributed by atoms with E-state index in [-0.39, 0.29) is 18.7 Å². The monoisotopic (exact) mass is 378 g/mol. The van der Waals surface area contributed by atoms with Crippen LogP contribution in [0.25, 0.3) is 0 Å². The largest absolute Gasteiger partial charge is 0.454 e. The maximum Gasteiger partial charge on any atom is 0.232 e. The average Bonchev–Trinajstić information content (AvgIpc) is 3.21. The lowest BCUT2D eigenvalue weighted by Gasteiger charge is -2.33. The molecule has 5 heteroatoms. The number of anilines is 1. The van der Waals surface area contributed by atoms with Gasteiger partial charge in [-0.1, -0.05) is 43.5 Å². The molecule has 146 valence electrons. The third-order valence-corrected chi connectivity index (χ3v) is 5.35. The number of amides is 1. The van der Waals surface area contributed by atoms with Crippen LogP contribution in [0, 0.1) is 0 Å². The van der Waals surface area contributed by atoms with Crippen molar-refractivity contribution in [3.05, 3.63) is 60.3 Å². The Hall–Kier alpha value is -2.82. The van der Waals surface area contributed by atoms with Gasteiger partial charge >= 0.3 is 0 Å². The van der Waals surface area contributed by atoms with E-state index in [1.165, 1.54) is 19.3 Å². The molecule has 1 aromatic carbocycles. The van der Waals surface area contributed by atoms with E-state index in [0.717, 1.165) is 42.1 Å². The summed E-state index contributed by atoms with van der Waals surface area (Å²) in [5.74, 6) is 2.47. The van der Waals surface area contributed by atoms with E-state index in [0.29, 0.717) is 6.42 Å². The van der Waals surface area contributed by atoms with Gasteiger partial charge in [0, 0.05) is 18.7 Å². The van der Waals surface area contributed by atoms with Crippen molar-refractivity contribution >= 4 is 11.7 Å². The van der Waals surface area contributed by atoms with Gasteiger partial charge in [0.2, 0.25) is 12.7 Å². The van der Waals surface area contributed by atoms with Gasteiger partial charge in [-0.05, 0) is 49.1 Å². The Morgan fingerprint density at radius 1 is 1.07 bits per heavy atom. The number of hydrogen-bond donors (Lipinski definition) is 0. The lowest BCUT2D eigenvalue weighted by Crippen LogP contribution is -2.41. The molecule has 0 radical (unpaired) electrons. The van der Waals surface area contributed by atoms with Crippen LogP contribution in [0.15, 0.2) is 54.7 Å². The van der Waals surface area contributed by atoms with E-state index in [2.05, 4.69) is 4.98 Å². The molecule has 1 fully saturated rings. The predicted octanol–water partition coefficient (Wildman–Crippen LogP) is 4.67. The maximum absolute atomic E-state index is 13.0. The van der Waals surface area contributed by atoms with Crippen LogP contribution >= 0.6 is 0 Å². The Balaban J connectivity index is 1.39. The van der Waals surface area contributed by atoms with Gasteiger partial charge in [-0.2, -0.15) is 0 Å². The highest BCUT2D eigenvalue weighted by Crippen LogP contribution is 2.32. The summed E-state index contributed by atoms with van der Waals surface area (Å²) in [6.45, 7) is 0.285. The van der Waals surface area contributed by atoms with Gasteiger partial charge in [0.25, 0.3) is 0 Å². The number of allylic oxidation sites excluding steroid dienone is 1. The quantitative estimate of drug-likeness (QED) is 0.686. The second kappa shape index (κ2) is 8.91. The van der Waals surface area contributed by atoms with Crippen LogP contribution in [0.4, 0.5) is 5.82 Å². The highest BCUT2D eigenvalue weighted by Gasteiger charge is 2.26. The second-order valence-corrected chi connectivity index (χ2v) is 7.31. The Bertz CT molecular complexity index is 829. The highest BCUT2D eigenvalue weighted by molar-refractivity contribution is 5.93. The smallest absolute Gasteiger partial charge is 0.232 e. The van der Waals surface area contributed by atoms with E-state index >= 15 is 0 Å². The summed E-state index contributed by atoms with van der Waals surface area (Å²) < 4.78 is 10.8. The van der Waals surface area contributed by atoms with Crippen LogP contribution < -0.4 is 14.4 Å². The van der Waals surface area contributed by atoms with Gasteiger partial charge in [-0.25, -0.2) is 4.98 Å². The zero-order valence-electron chi connectivity index (χ0n) is 16.0. The molecular weight excluding hydrogens is 352 g/mol. The molecule has 0 unspecified atom stereocenters. The summed E-state index contributed by atoms with van der Waals surface area (Å²) in [4.78, 5) is 19.4. The first-order valence-electron chi connectivity index (χ1n) is 10.1. The SMILES string of the molecule is O=C(C/C=C\Cc1ccc2c(c1)OCO2)N(c1ccccn1)C1CCCCC1. The Labute approximate surface area is 166 Å². The number of nitrogens with zero attached hydrogens (tertiary/aromatic N) is 2. The second-order valence-electron chi connectivity index (χ2n) is 7.31. The van der Waals surface area contributed by atoms with E-state index in [1.54, 1.807) is 6.20 Å². The molecule has 2 aliphatic rings. The fraction of sp³-hybridized carbons (Fsp3) is 0.391. The number of fused-ring (bicyclic) bond motifs is 1. The topological polar surface area (TPSA) is 51.7 Å². The minimum Gasteiger partial charge on any atom is -0.454 e. The number of carbonyl (C=O) groups excluding carboxylic acids is 1. The van der Waals surface area contributed by atoms with Crippen LogP contribution in [0.1, 0.15) is 44.1 Å². The van der Waals surface area contributed by atoms with Crippen molar-refractivity contribution in [2.24, 2.45) is 0 Å². The number of pyridine rings is 1. The number of hydrogen-bond acceptors (Lipinski definition) is 4. The van der Waals surface area contributed by atoms with Crippen LogP contribution in [-0.4, -0.2) is 23.7 Å². The fourth-order valence-corrected chi connectivity index (χ4v) is 3.92. The summed E-state index contributed by atoms with van der Waals surface area (Å²) in [5.41, 5.74) is 1.14. The van der Waals surface area contributed by atoms with Crippen molar-refractivity contribution in [3.63, 3.8) is 0 Å². The molecule has 0 N–H and O–H groups in total. The van der Waals surface area contributed by atoms with Crippen LogP contribution in [0.3, 0.4) is 0 Å². The van der Waals surface area contributed by atoms with Gasteiger partial charge < -0.3 is 9.47 Å². The zero-order chi connectivity index (χ0) is 19.2. The minimum absolute atomic E-state index is 0.118. The third-order valence-electron chi connectivity index (χ3n) is 5.35. The zero-order valence-corrected chi connectivity index (χ0v) is 16.0. The maximum atomic E-state index is 13.0.